The van der Waals surface area contributed by atoms with Crippen molar-refractivity contribution in [3.8, 4) is 22.8 Å². The first-order valence-electron chi connectivity index (χ1n) is 9.29. The second kappa shape index (κ2) is 7.62. The molecule has 152 valence electrons. The van der Waals surface area contributed by atoms with Crippen molar-refractivity contribution in [1.82, 2.24) is 4.98 Å². The Morgan fingerprint density at radius 3 is 2.80 bits per heavy atom. The van der Waals surface area contributed by atoms with Gasteiger partial charge in [-0.1, -0.05) is 23.7 Å². The van der Waals surface area contributed by atoms with E-state index < -0.39 is 5.92 Å². The Morgan fingerprint density at radius 2 is 1.97 bits per heavy atom. The van der Waals surface area contributed by atoms with Crippen LogP contribution in [0.4, 0.5) is 10.8 Å². The Labute approximate surface area is 181 Å². The third-order valence-electron chi connectivity index (χ3n) is 5.04. The molecule has 9 heteroatoms. The van der Waals surface area contributed by atoms with Crippen molar-refractivity contribution in [1.29, 1.82) is 0 Å². The molecule has 3 heterocycles. The number of nitrogens with one attached hydrogen (secondary N) is 1. The summed E-state index contributed by atoms with van der Waals surface area (Å²) in [5.74, 6) is 0.482. The molecule has 1 fully saturated rings. The van der Waals surface area contributed by atoms with E-state index in [1.807, 2.05) is 17.5 Å². The number of anilines is 2. The topological polar surface area (TPSA) is 80.8 Å². The summed E-state index contributed by atoms with van der Waals surface area (Å²) >= 11 is 7.26. The zero-order chi connectivity index (χ0) is 20.7. The lowest BCUT2D eigenvalue weighted by atomic mass is 10.1. The molecular weight excluding hydrogens is 426 g/mol. The van der Waals surface area contributed by atoms with Crippen LogP contribution < -0.4 is 19.7 Å². The molecule has 0 saturated carbocycles. The lowest BCUT2D eigenvalue weighted by molar-refractivity contribution is -0.122. The number of fused-ring (bicyclic) bond motifs is 1. The van der Waals surface area contributed by atoms with Crippen LogP contribution in [0.1, 0.15) is 6.42 Å². The molecule has 7 nitrogen and oxygen atoms in total. The normalized spacial score (nSPS) is 17.4. The van der Waals surface area contributed by atoms with Crippen LogP contribution in [0.25, 0.3) is 11.3 Å². The van der Waals surface area contributed by atoms with E-state index in [-0.39, 0.29) is 25.0 Å². The number of carbonyl (C=O) groups excluding carboxylic acids is 2. The molecule has 2 aromatic carbocycles. The molecule has 1 unspecified atom stereocenters. The van der Waals surface area contributed by atoms with E-state index in [2.05, 4.69) is 10.3 Å². The molecule has 2 aliphatic rings. The second-order valence-electron chi connectivity index (χ2n) is 6.98. The smallest absolute Gasteiger partial charge is 0.231 e. The number of thiazole rings is 1. The quantitative estimate of drug-likeness (QED) is 0.656. The van der Waals surface area contributed by atoms with E-state index in [0.717, 1.165) is 11.3 Å². The molecule has 1 atom stereocenters. The maximum absolute atomic E-state index is 12.7. The second-order valence-corrected chi connectivity index (χ2v) is 8.27. The van der Waals surface area contributed by atoms with Gasteiger partial charge in [-0.2, -0.15) is 0 Å². The van der Waals surface area contributed by atoms with Crippen LogP contribution in [0, 0.1) is 5.92 Å². The van der Waals surface area contributed by atoms with E-state index in [9.17, 15) is 9.59 Å². The minimum absolute atomic E-state index is 0.102. The van der Waals surface area contributed by atoms with Crippen LogP contribution in [0.2, 0.25) is 5.02 Å². The standard InChI is InChI=1S/C21H16ClN3O4S/c22-14-3-1-12(2-4-14)16-10-30-21(23-16)24-20(27)13-7-19(26)25(9-13)15-5-6-17-18(8-15)29-11-28-17/h1-6,8,10,13H,7,9,11H2,(H,23,24,27). The van der Waals surface area contributed by atoms with Crippen molar-refractivity contribution in [2.45, 2.75) is 6.42 Å². The first-order chi connectivity index (χ1) is 14.6. The van der Waals surface area contributed by atoms with Crippen LogP contribution in [0.15, 0.2) is 47.8 Å². The number of hydrogen-bond acceptors (Lipinski definition) is 6. The van der Waals surface area contributed by atoms with Crippen LogP contribution in [0.3, 0.4) is 0 Å². The van der Waals surface area contributed by atoms with Gasteiger partial charge in [-0.25, -0.2) is 4.98 Å². The summed E-state index contributed by atoms with van der Waals surface area (Å²) in [5.41, 5.74) is 2.37. The molecule has 0 radical (unpaired) electrons. The van der Waals surface area contributed by atoms with Gasteiger partial charge < -0.3 is 19.7 Å². The van der Waals surface area contributed by atoms with Crippen molar-refractivity contribution in [2.24, 2.45) is 5.92 Å². The Bertz CT molecular complexity index is 1130. The fraction of sp³-hybridized carbons (Fsp3) is 0.190. The van der Waals surface area contributed by atoms with Crippen LogP contribution in [-0.4, -0.2) is 30.1 Å². The molecule has 1 saturated heterocycles. The first kappa shape index (κ1) is 18.9. The lowest BCUT2D eigenvalue weighted by Crippen LogP contribution is -2.28. The van der Waals surface area contributed by atoms with Crippen molar-refractivity contribution < 1.29 is 19.1 Å². The minimum atomic E-state index is -0.453. The third-order valence-corrected chi connectivity index (χ3v) is 6.05. The Hall–Kier alpha value is -3.10. The van der Waals surface area contributed by atoms with E-state index in [4.69, 9.17) is 21.1 Å². The number of halogens is 1. The molecule has 30 heavy (non-hydrogen) atoms. The molecule has 0 spiro atoms. The predicted molar refractivity (Wildman–Crippen MR) is 114 cm³/mol. The van der Waals surface area contributed by atoms with E-state index in [1.54, 1.807) is 35.2 Å². The highest BCUT2D eigenvalue weighted by Crippen LogP contribution is 2.37. The van der Waals surface area contributed by atoms with Crippen LogP contribution in [-0.2, 0) is 9.59 Å². The number of aromatic nitrogens is 1. The molecule has 3 aromatic rings. The fourth-order valence-corrected chi connectivity index (χ4v) is 4.33. The van der Waals surface area contributed by atoms with Gasteiger partial charge in [0.05, 0.1) is 11.6 Å². The molecule has 2 amide bonds. The van der Waals surface area contributed by atoms with Crippen LogP contribution in [0.5, 0.6) is 11.5 Å². The number of carbonyl (C=O) groups is 2. The minimum Gasteiger partial charge on any atom is -0.454 e. The highest BCUT2D eigenvalue weighted by Gasteiger charge is 2.36. The average molecular weight is 442 g/mol. The number of nitrogens with zero attached hydrogens (tertiary/aromatic N) is 2. The molecule has 0 aliphatic carbocycles. The number of benzene rings is 2. The summed E-state index contributed by atoms with van der Waals surface area (Å²) in [6.07, 6.45) is 0.149. The zero-order valence-electron chi connectivity index (χ0n) is 15.6. The number of rotatable bonds is 4. The van der Waals surface area contributed by atoms with Gasteiger partial charge in [-0.3, -0.25) is 9.59 Å². The van der Waals surface area contributed by atoms with Gasteiger partial charge in [-0.15, -0.1) is 11.3 Å². The Balaban J connectivity index is 1.26. The summed E-state index contributed by atoms with van der Waals surface area (Å²) < 4.78 is 10.7. The molecule has 1 aromatic heterocycles. The number of hydrogen-bond donors (Lipinski definition) is 1. The Kier molecular flexibility index (Phi) is 4.80. The Morgan fingerprint density at radius 1 is 1.17 bits per heavy atom. The van der Waals surface area contributed by atoms with E-state index >= 15 is 0 Å². The van der Waals surface area contributed by atoms with Gasteiger partial charge >= 0.3 is 0 Å². The number of amides is 2. The highest BCUT2D eigenvalue weighted by molar-refractivity contribution is 7.14. The highest BCUT2D eigenvalue weighted by atomic mass is 35.5. The van der Waals surface area contributed by atoms with Crippen molar-refractivity contribution >= 4 is 45.6 Å². The largest absolute Gasteiger partial charge is 0.454 e. The van der Waals surface area contributed by atoms with Gasteiger partial charge in [0.25, 0.3) is 0 Å². The van der Waals surface area contributed by atoms with Gasteiger partial charge in [-0.05, 0) is 24.3 Å². The van der Waals surface area contributed by atoms with Crippen LogP contribution >= 0.6 is 22.9 Å². The van der Waals surface area contributed by atoms with Gasteiger partial charge in [0.15, 0.2) is 16.6 Å². The van der Waals surface area contributed by atoms with Crippen molar-refractivity contribution in [2.75, 3.05) is 23.6 Å². The van der Waals surface area contributed by atoms with E-state index in [0.29, 0.717) is 33.9 Å². The summed E-state index contributed by atoms with van der Waals surface area (Å²) in [6, 6.07) is 12.7. The molecule has 5 rings (SSSR count). The molecule has 1 N–H and O–H groups in total. The average Bonchev–Trinajstić information content (AvgIpc) is 3.47. The lowest BCUT2D eigenvalue weighted by Gasteiger charge is -2.17. The van der Waals surface area contributed by atoms with Gasteiger partial charge in [0.2, 0.25) is 18.6 Å². The van der Waals surface area contributed by atoms with E-state index in [1.165, 1.54) is 11.3 Å². The third kappa shape index (κ3) is 3.59. The van der Waals surface area contributed by atoms with Crippen molar-refractivity contribution in [3.05, 3.63) is 52.9 Å². The number of ether oxygens (including phenoxy) is 2. The monoisotopic (exact) mass is 441 g/mol. The molecule has 0 bridgehead atoms. The SMILES string of the molecule is O=C(Nc1nc(-c2ccc(Cl)cc2)cs1)C1CC(=O)N(c2ccc3c(c2)OCO3)C1. The maximum Gasteiger partial charge on any atom is 0.231 e. The van der Waals surface area contributed by atoms with Gasteiger partial charge in [0.1, 0.15) is 0 Å². The summed E-state index contributed by atoms with van der Waals surface area (Å²) in [6.45, 7) is 0.476. The molecule has 2 aliphatic heterocycles. The predicted octanol–water partition coefficient (Wildman–Crippen LogP) is 4.18. The summed E-state index contributed by atoms with van der Waals surface area (Å²) in [5, 5.41) is 5.86. The van der Waals surface area contributed by atoms with Crippen molar-refractivity contribution in [3.63, 3.8) is 0 Å². The zero-order valence-corrected chi connectivity index (χ0v) is 17.2. The molecular formula is C21H16ClN3O4S. The first-order valence-corrected chi connectivity index (χ1v) is 10.5. The van der Waals surface area contributed by atoms with Gasteiger partial charge in [0, 0.05) is 40.7 Å². The maximum atomic E-state index is 12.7. The summed E-state index contributed by atoms with van der Waals surface area (Å²) in [7, 11) is 0. The summed E-state index contributed by atoms with van der Waals surface area (Å²) in [4.78, 5) is 31.3. The fourth-order valence-electron chi connectivity index (χ4n) is 3.48.